The summed E-state index contributed by atoms with van der Waals surface area (Å²) in [6.07, 6.45) is 1.09. The standard InChI is InChI=1S/C19H22N2O5S/c1-13-8-14(2)10-16(9-13)21(27(3,23)24)12-19(22)20-15-4-5-17-18(11-15)26-7-6-25-17/h4-5,8-11H,6-7,12H2,1-3H3,(H,20,22). The number of carbonyl (C=O) groups excluding carboxylic acids is 1. The van der Waals surface area contributed by atoms with Crippen LogP contribution in [0.15, 0.2) is 36.4 Å². The smallest absolute Gasteiger partial charge is 0.245 e. The Morgan fingerprint density at radius 1 is 1.04 bits per heavy atom. The largest absolute Gasteiger partial charge is 0.486 e. The van der Waals surface area contributed by atoms with Gasteiger partial charge in [-0.3, -0.25) is 9.10 Å². The molecule has 2 aromatic rings. The molecule has 1 aliphatic heterocycles. The van der Waals surface area contributed by atoms with E-state index in [1.807, 2.05) is 19.9 Å². The van der Waals surface area contributed by atoms with E-state index < -0.39 is 15.9 Å². The third-order valence-corrected chi connectivity index (χ3v) is 5.15. The fraction of sp³-hybridized carbons (Fsp3) is 0.316. The number of ether oxygens (including phenoxy) is 2. The van der Waals surface area contributed by atoms with Gasteiger partial charge in [-0.05, 0) is 49.2 Å². The molecule has 0 fully saturated rings. The van der Waals surface area contributed by atoms with Crippen LogP contribution in [0, 0.1) is 13.8 Å². The average Bonchev–Trinajstić information content (AvgIpc) is 2.57. The van der Waals surface area contributed by atoms with Crippen LogP contribution in [0.3, 0.4) is 0 Å². The molecule has 0 aliphatic carbocycles. The van der Waals surface area contributed by atoms with Crippen LogP contribution in [-0.2, 0) is 14.8 Å². The summed E-state index contributed by atoms with van der Waals surface area (Å²) in [5.41, 5.74) is 2.82. The monoisotopic (exact) mass is 390 g/mol. The van der Waals surface area contributed by atoms with E-state index in [9.17, 15) is 13.2 Å². The number of hydrogen-bond acceptors (Lipinski definition) is 5. The summed E-state index contributed by atoms with van der Waals surface area (Å²) < 4.78 is 36.5. The molecule has 0 saturated carbocycles. The third kappa shape index (κ3) is 4.71. The molecule has 2 aromatic carbocycles. The Morgan fingerprint density at radius 2 is 1.67 bits per heavy atom. The van der Waals surface area contributed by atoms with Crippen LogP contribution in [0.5, 0.6) is 11.5 Å². The Morgan fingerprint density at radius 3 is 2.30 bits per heavy atom. The Kier molecular flexibility index (Phi) is 5.27. The van der Waals surface area contributed by atoms with E-state index in [4.69, 9.17) is 9.47 Å². The van der Waals surface area contributed by atoms with E-state index in [1.54, 1.807) is 30.3 Å². The van der Waals surface area contributed by atoms with Crippen molar-refractivity contribution in [3.05, 3.63) is 47.5 Å². The molecule has 0 atom stereocenters. The topological polar surface area (TPSA) is 84.9 Å². The lowest BCUT2D eigenvalue weighted by atomic mass is 10.1. The maximum Gasteiger partial charge on any atom is 0.245 e. The van der Waals surface area contributed by atoms with Gasteiger partial charge in [-0.15, -0.1) is 0 Å². The molecule has 0 aromatic heterocycles. The zero-order chi connectivity index (χ0) is 19.6. The maximum atomic E-state index is 12.5. The number of sulfonamides is 1. The molecular weight excluding hydrogens is 368 g/mol. The van der Waals surface area contributed by atoms with Gasteiger partial charge in [0.2, 0.25) is 15.9 Å². The molecule has 8 heteroatoms. The molecule has 1 N–H and O–H groups in total. The second kappa shape index (κ2) is 7.48. The second-order valence-electron chi connectivity index (χ2n) is 6.52. The number of hydrogen-bond donors (Lipinski definition) is 1. The van der Waals surface area contributed by atoms with Gasteiger partial charge in [0.05, 0.1) is 11.9 Å². The van der Waals surface area contributed by atoms with Crippen molar-refractivity contribution < 1.29 is 22.7 Å². The molecular formula is C19H22N2O5S. The number of fused-ring (bicyclic) bond motifs is 1. The predicted molar refractivity (Wildman–Crippen MR) is 104 cm³/mol. The number of benzene rings is 2. The van der Waals surface area contributed by atoms with Crippen molar-refractivity contribution in [2.45, 2.75) is 13.8 Å². The third-order valence-electron chi connectivity index (χ3n) is 4.01. The quantitative estimate of drug-likeness (QED) is 0.848. The van der Waals surface area contributed by atoms with Crippen molar-refractivity contribution in [3.8, 4) is 11.5 Å². The van der Waals surface area contributed by atoms with Gasteiger partial charge in [0.15, 0.2) is 11.5 Å². The number of amides is 1. The first-order valence-corrected chi connectivity index (χ1v) is 10.3. The normalized spacial score (nSPS) is 13.1. The van der Waals surface area contributed by atoms with E-state index in [1.165, 1.54) is 0 Å². The average molecular weight is 390 g/mol. The van der Waals surface area contributed by atoms with E-state index in [2.05, 4.69) is 5.32 Å². The molecule has 0 spiro atoms. The number of anilines is 2. The maximum absolute atomic E-state index is 12.5. The van der Waals surface area contributed by atoms with Gasteiger partial charge in [-0.2, -0.15) is 0 Å². The minimum absolute atomic E-state index is 0.323. The van der Waals surface area contributed by atoms with Crippen LogP contribution in [0.1, 0.15) is 11.1 Å². The van der Waals surface area contributed by atoms with E-state index >= 15 is 0 Å². The number of nitrogens with one attached hydrogen (secondary N) is 1. The number of rotatable bonds is 5. The van der Waals surface area contributed by atoms with Crippen molar-refractivity contribution in [1.29, 1.82) is 0 Å². The van der Waals surface area contributed by atoms with Gasteiger partial charge < -0.3 is 14.8 Å². The zero-order valence-corrected chi connectivity index (χ0v) is 16.3. The van der Waals surface area contributed by atoms with Gasteiger partial charge in [0.1, 0.15) is 19.8 Å². The number of nitrogens with zero attached hydrogens (tertiary/aromatic N) is 1. The Hall–Kier alpha value is -2.74. The lowest BCUT2D eigenvalue weighted by Gasteiger charge is -2.23. The molecule has 1 aliphatic rings. The summed E-state index contributed by atoms with van der Waals surface area (Å²) in [7, 11) is -3.63. The molecule has 3 rings (SSSR count). The Balaban J connectivity index is 1.79. The van der Waals surface area contributed by atoms with Crippen LogP contribution in [0.2, 0.25) is 0 Å². The number of carbonyl (C=O) groups is 1. The lowest BCUT2D eigenvalue weighted by molar-refractivity contribution is -0.114. The fourth-order valence-corrected chi connectivity index (χ4v) is 3.79. The minimum Gasteiger partial charge on any atom is -0.486 e. The van der Waals surface area contributed by atoms with Gasteiger partial charge in [0.25, 0.3) is 0 Å². The number of aryl methyl sites for hydroxylation is 2. The van der Waals surface area contributed by atoms with Gasteiger partial charge in [-0.1, -0.05) is 6.07 Å². The van der Waals surface area contributed by atoms with E-state index in [0.717, 1.165) is 21.7 Å². The van der Waals surface area contributed by atoms with Crippen LogP contribution in [0.25, 0.3) is 0 Å². The molecule has 27 heavy (non-hydrogen) atoms. The molecule has 0 bridgehead atoms. The molecule has 7 nitrogen and oxygen atoms in total. The highest BCUT2D eigenvalue weighted by molar-refractivity contribution is 7.92. The van der Waals surface area contributed by atoms with Crippen molar-refractivity contribution in [2.75, 3.05) is 35.6 Å². The molecule has 144 valence electrons. The van der Waals surface area contributed by atoms with Gasteiger partial charge in [-0.25, -0.2) is 8.42 Å². The van der Waals surface area contributed by atoms with Crippen LogP contribution in [-0.4, -0.2) is 40.3 Å². The summed E-state index contributed by atoms with van der Waals surface area (Å²) in [4.78, 5) is 12.5. The Bertz CT molecular complexity index is 952. The molecule has 0 unspecified atom stereocenters. The molecule has 1 heterocycles. The highest BCUT2D eigenvalue weighted by atomic mass is 32.2. The first-order chi connectivity index (χ1) is 12.7. The van der Waals surface area contributed by atoms with E-state index in [-0.39, 0.29) is 6.54 Å². The summed E-state index contributed by atoms with van der Waals surface area (Å²) >= 11 is 0. The fourth-order valence-electron chi connectivity index (χ4n) is 2.95. The minimum atomic E-state index is -3.63. The van der Waals surface area contributed by atoms with Crippen molar-refractivity contribution in [1.82, 2.24) is 0 Å². The molecule has 1 amide bonds. The van der Waals surface area contributed by atoms with Crippen molar-refractivity contribution in [3.63, 3.8) is 0 Å². The Labute approximate surface area is 158 Å². The first kappa shape index (κ1) is 19.0. The SMILES string of the molecule is Cc1cc(C)cc(N(CC(=O)Nc2ccc3c(c2)OCCO3)S(C)(=O)=O)c1. The van der Waals surface area contributed by atoms with Crippen molar-refractivity contribution >= 4 is 27.3 Å². The predicted octanol–water partition coefficient (Wildman–Crippen LogP) is 2.48. The van der Waals surface area contributed by atoms with Crippen LogP contribution >= 0.6 is 0 Å². The van der Waals surface area contributed by atoms with Crippen molar-refractivity contribution in [2.24, 2.45) is 0 Å². The van der Waals surface area contributed by atoms with Crippen LogP contribution < -0.4 is 19.1 Å². The molecule has 0 saturated heterocycles. The first-order valence-electron chi connectivity index (χ1n) is 8.48. The highest BCUT2D eigenvalue weighted by Gasteiger charge is 2.22. The zero-order valence-electron chi connectivity index (χ0n) is 15.5. The molecule has 0 radical (unpaired) electrons. The highest BCUT2D eigenvalue weighted by Crippen LogP contribution is 2.32. The summed E-state index contributed by atoms with van der Waals surface area (Å²) in [5, 5.41) is 2.71. The summed E-state index contributed by atoms with van der Waals surface area (Å²) in [5.74, 6) is 0.719. The van der Waals surface area contributed by atoms with Gasteiger partial charge >= 0.3 is 0 Å². The van der Waals surface area contributed by atoms with Crippen LogP contribution in [0.4, 0.5) is 11.4 Å². The summed E-state index contributed by atoms with van der Waals surface area (Å²) in [6.45, 7) is 4.37. The second-order valence-corrected chi connectivity index (χ2v) is 8.43. The summed E-state index contributed by atoms with van der Waals surface area (Å²) in [6, 6.07) is 10.5. The van der Waals surface area contributed by atoms with Gasteiger partial charge in [0, 0.05) is 11.8 Å². The van der Waals surface area contributed by atoms with E-state index in [0.29, 0.717) is 36.1 Å². The lowest BCUT2D eigenvalue weighted by Crippen LogP contribution is -2.37.